The molecule has 2 aromatic rings. The number of carbonyl (C=O) groups excluding carboxylic acids is 2. The number of hydrogen-bond donors (Lipinski definition) is 0. The van der Waals surface area contributed by atoms with E-state index in [1.54, 1.807) is 11.8 Å². The largest absolute Gasteiger partial charge is 0.339 e. The van der Waals surface area contributed by atoms with Gasteiger partial charge in [0.05, 0.1) is 4.88 Å². The van der Waals surface area contributed by atoms with Crippen LogP contribution >= 0.6 is 11.3 Å². The number of thiophene rings is 1. The Bertz CT molecular complexity index is 624. The van der Waals surface area contributed by atoms with Gasteiger partial charge in [0.25, 0.3) is 5.91 Å². The highest BCUT2D eigenvalue weighted by Gasteiger charge is 2.24. The fourth-order valence-electron chi connectivity index (χ4n) is 2.47. The van der Waals surface area contributed by atoms with E-state index in [0.717, 1.165) is 15.0 Å². The first-order chi connectivity index (χ1) is 9.65. The van der Waals surface area contributed by atoms with E-state index < -0.39 is 0 Å². The van der Waals surface area contributed by atoms with Crippen molar-refractivity contribution < 1.29 is 9.59 Å². The van der Waals surface area contributed by atoms with Crippen molar-refractivity contribution in [3.8, 4) is 0 Å². The maximum atomic E-state index is 12.5. The minimum atomic E-state index is 0.0782. The lowest BCUT2D eigenvalue weighted by atomic mass is 10.2. The zero-order valence-electron chi connectivity index (χ0n) is 11.3. The maximum absolute atomic E-state index is 12.5. The molecule has 0 aliphatic carbocycles. The quantitative estimate of drug-likeness (QED) is 0.807. The third-order valence-electron chi connectivity index (χ3n) is 3.65. The fourth-order valence-corrected chi connectivity index (χ4v) is 3.50. The monoisotopic (exact) mass is 288 g/mol. The van der Waals surface area contributed by atoms with Gasteiger partial charge in [-0.25, -0.2) is 0 Å². The third kappa shape index (κ3) is 2.41. The molecule has 1 aliphatic heterocycles. The van der Waals surface area contributed by atoms with Crippen LogP contribution in [0.4, 0.5) is 0 Å². The standard InChI is InChI=1S/C15H16N2O2S/c1-11(18)16-6-8-17(9-7-16)15(19)14-10-12-4-2-3-5-13(12)20-14/h2-5,10H,6-9H2,1H3. The summed E-state index contributed by atoms with van der Waals surface area (Å²) in [6, 6.07) is 9.98. The van der Waals surface area contributed by atoms with Crippen LogP contribution in [0.3, 0.4) is 0 Å². The molecule has 20 heavy (non-hydrogen) atoms. The van der Waals surface area contributed by atoms with Crippen molar-refractivity contribution in [2.24, 2.45) is 0 Å². The molecule has 0 radical (unpaired) electrons. The van der Waals surface area contributed by atoms with Crippen molar-refractivity contribution in [3.63, 3.8) is 0 Å². The van der Waals surface area contributed by atoms with Gasteiger partial charge in [-0.15, -0.1) is 11.3 Å². The molecule has 0 N–H and O–H groups in total. The highest BCUT2D eigenvalue weighted by Crippen LogP contribution is 2.26. The second kappa shape index (κ2) is 5.25. The first-order valence-electron chi connectivity index (χ1n) is 6.68. The fraction of sp³-hybridized carbons (Fsp3) is 0.333. The lowest BCUT2D eigenvalue weighted by Gasteiger charge is -2.33. The van der Waals surface area contributed by atoms with Gasteiger partial charge in [-0.2, -0.15) is 0 Å². The number of hydrogen-bond acceptors (Lipinski definition) is 3. The lowest BCUT2D eigenvalue weighted by molar-refractivity contribution is -0.130. The number of nitrogens with zero attached hydrogens (tertiary/aromatic N) is 2. The third-order valence-corrected chi connectivity index (χ3v) is 4.75. The van der Waals surface area contributed by atoms with Crippen LogP contribution in [-0.4, -0.2) is 47.8 Å². The Morgan fingerprint density at radius 3 is 2.35 bits per heavy atom. The van der Waals surface area contributed by atoms with Gasteiger partial charge in [-0.3, -0.25) is 9.59 Å². The van der Waals surface area contributed by atoms with E-state index in [2.05, 4.69) is 0 Å². The van der Waals surface area contributed by atoms with Gasteiger partial charge in [0.2, 0.25) is 5.91 Å². The summed E-state index contributed by atoms with van der Waals surface area (Å²) in [7, 11) is 0. The van der Waals surface area contributed by atoms with Crippen molar-refractivity contribution in [2.45, 2.75) is 6.92 Å². The summed E-state index contributed by atoms with van der Waals surface area (Å²) in [5.74, 6) is 0.161. The highest BCUT2D eigenvalue weighted by molar-refractivity contribution is 7.20. The summed E-state index contributed by atoms with van der Waals surface area (Å²) in [5.41, 5.74) is 0. The summed E-state index contributed by atoms with van der Waals surface area (Å²) in [6.07, 6.45) is 0. The van der Waals surface area contributed by atoms with Gasteiger partial charge < -0.3 is 9.80 Å². The Morgan fingerprint density at radius 2 is 1.70 bits per heavy atom. The molecule has 104 valence electrons. The number of rotatable bonds is 1. The van der Waals surface area contributed by atoms with E-state index in [1.807, 2.05) is 35.2 Å². The Balaban J connectivity index is 1.75. The molecule has 0 unspecified atom stereocenters. The van der Waals surface area contributed by atoms with Crippen molar-refractivity contribution in [1.82, 2.24) is 9.80 Å². The second-order valence-corrected chi connectivity index (χ2v) is 6.03. The summed E-state index contributed by atoms with van der Waals surface area (Å²) >= 11 is 1.53. The predicted molar refractivity (Wildman–Crippen MR) is 80.0 cm³/mol. The molecule has 3 rings (SSSR count). The summed E-state index contributed by atoms with van der Waals surface area (Å²) in [4.78, 5) is 28.2. The maximum Gasteiger partial charge on any atom is 0.264 e. The zero-order valence-corrected chi connectivity index (χ0v) is 12.2. The molecule has 2 heterocycles. The zero-order chi connectivity index (χ0) is 14.1. The molecule has 1 aliphatic rings. The molecule has 1 aromatic heterocycles. The van der Waals surface area contributed by atoms with Crippen LogP contribution in [0.25, 0.3) is 10.1 Å². The molecule has 1 fully saturated rings. The van der Waals surface area contributed by atoms with Gasteiger partial charge in [0.1, 0.15) is 0 Å². The molecular weight excluding hydrogens is 272 g/mol. The number of carbonyl (C=O) groups is 2. The van der Waals surface area contributed by atoms with Gasteiger partial charge in [-0.1, -0.05) is 18.2 Å². The van der Waals surface area contributed by atoms with Crippen LogP contribution in [0, 0.1) is 0 Å². The van der Waals surface area contributed by atoms with E-state index >= 15 is 0 Å². The van der Waals surface area contributed by atoms with Gasteiger partial charge >= 0.3 is 0 Å². The van der Waals surface area contributed by atoms with Crippen LogP contribution in [0.5, 0.6) is 0 Å². The Hall–Kier alpha value is -1.88. The average molecular weight is 288 g/mol. The molecule has 0 spiro atoms. The molecule has 0 saturated carbocycles. The van der Waals surface area contributed by atoms with Gasteiger partial charge in [0.15, 0.2) is 0 Å². The van der Waals surface area contributed by atoms with Gasteiger partial charge in [-0.05, 0) is 17.5 Å². The smallest absolute Gasteiger partial charge is 0.264 e. The molecule has 1 saturated heterocycles. The van der Waals surface area contributed by atoms with E-state index in [1.165, 1.54) is 11.3 Å². The minimum absolute atomic E-state index is 0.0782. The van der Waals surface area contributed by atoms with Crippen LogP contribution < -0.4 is 0 Å². The van der Waals surface area contributed by atoms with Crippen LogP contribution in [0.15, 0.2) is 30.3 Å². The van der Waals surface area contributed by atoms with Crippen molar-refractivity contribution in [2.75, 3.05) is 26.2 Å². The predicted octanol–water partition coefficient (Wildman–Crippen LogP) is 2.21. The van der Waals surface area contributed by atoms with Gasteiger partial charge in [0, 0.05) is 37.8 Å². The van der Waals surface area contributed by atoms with E-state index in [0.29, 0.717) is 26.2 Å². The molecule has 1 aromatic carbocycles. The van der Waals surface area contributed by atoms with E-state index in [4.69, 9.17) is 0 Å². The Morgan fingerprint density at radius 1 is 1.05 bits per heavy atom. The molecule has 2 amide bonds. The highest BCUT2D eigenvalue weighted by atomic mass is 32.1. The summed E-state index contributed by atoms with van der Waals surface area (Å²) < 4.78 is 1.14. The molecular formula is C15H16N2O2S. The van der Waals surface area contributed by atoms with Crippen molar-refractivity contribution in [3.05, 3.63) is 35.2 Å². The Labute approximate surface area is 121 Å². The first kappa shape index (κ1) is 13.1. The van der Waals surface area contributed by atoms with E-state index in [9.17, 15) is 9.59 Å². The minimum Gasteiger partial charge on any atom is -0.339 e. The number of fused-ring (bicyclic) bond motifs is 1. The number of benzene rings is 1. The van der Waals surface area contributed by atoms with Crippen molar-refractivity contribution >= 4 is 33.2 Å². The van der Waals surface area contributed by atoms with Crippen molar-refractivity contribution in [1.29, 1.82) is 0 Å². The molecule has 0 bridgehead atoms. The lowest BCUT2D eigenvalue weighted by Crippen LogP contribution is -2.49. The number of piperazine rings is 1. The Kier molecular flexibility index (Phi) is 3.44. The normalized spacial score (nSPS) is 15.7. The first-order valence-corrected chi connectivity index (χ1v) is 7.50. The SMILES string of the molecule is CC(=O)N1CCN(C(=O)c2cc3ccccc3s2)CC1. The summed E-state index contributed by atoms with van der Waals surface area (Å²) in [5, 5.41) is 1.11. The van der Waals surface area contributed by atoms with Crippen LogP contribution in [-0.2, 0) is 4.79 Å². The average Bonchev–Trinajstić information content (AvgIpc) is 2.90. The molecule has 5 heteroatoms. The number of amides is 2. The molecule has 4 nitrogen and oxygen atoms in total. The topological polar surface area (TPSA) is 40.6 Å². The van der Waals surface area contributed by atoms with Crippen LogP contribution in [0.2, 0.25) is 0 Å². The summed E-state index contributed by atoms with van der Waals surface area (Å²) in [6.45, 7) is 4.07. The molecule has 0 atom stereocenters. The van der Waals surface area contributed by atoms with Crippen LogP contribution in [0.1, 0.15) is 16.6 Å². The van der Waals surface area contributed by atoms with E-state index in [-0.39, 0.29) is 11.8 Å². The second-order valence-electron chi connectivity index (χ2n) is 4.95.